The Labute approximate surface area is 126 Å². The van der Waals surface area contributed by atoms with Gasteiger partial charge >= 0.3 is 0 Å². The molecule has 0 unspecified atom stereocenters. The highest BCUT2D eigenvalue weighted by Gasteiger charge is 2.23. The predicted octanol–water partition coefficient (Wildman–Crippen LogP) is 2.79. The van der Waals surface area contributed by atoms with Gasteiger partial charge in [-0.3, -0.25) is 9.48 Å². The van der Waals surface area contributed by atoms with Crippen LogP contribution in [0.5, 0.6) is 0 Å². The fraction of sp³-hybridized carbons (Fsp3) is 0.500. The van der Waals surface area contributed by atoms with Crippen LogP contribution in [0.1, 0.15) is 39.1 Å². The van der Waals surface area contributed by atoms with Crippen LogP contribution in [0.15, 0.2) is 15.5 Å². The topological polar surface area (TPSA) is 63.6 Å². The Hall–Kier alpha value is -1.43. The molecule has 5 nitrogen and oxygen atoms in total. The van der Waals surface area contributed by atoms with Crippen molar-refractivity contribution < 1.29 is 0 Å². The summed E-state index contributed by atoms with van der Waals surface area (Å²) in [6.45, 7) is 8.14. The molecule has 2 aromatic heterocycles. The first-order valence-electron chi connectivity index (χ1n) is 6.57. The predicted molar refractivity (Wildman–Crippen MR) is 82.8 cm³/mol. The van der Waals surface area contributed by atoms with Crippen molar-refractivity contribution in [2.45, 2.75) is 39.5 Å². The minimum Gasteiger partial charge on any atom is -0.305 e. The minimum absolute atomic E-state index is 0.161. The molecule has 108 valence electrons. The number of hydrogen-bond donors (Lipinski definition) is 1. The minimum atomic E-state index is -0.212. The van der Waals surface area contributed by atoms with Crippen LogP contribution >= 0.6 is 15.9 Å². The van der Waals surface area contributed by atoms with Gasteiger partial charge in [-0.05, 0) is 22.4 Å². The summed E-state index contributed by atoms with van der Waals surface area (Å²) in [6.07, 6.45) is 2.68. The van der Waals surface area contributed by atoms with E-state index >= 15 is 0 Å². The lowest BCUT2D eigenvalue weighted by Gasteiger charge is -2.19. The Balaban J connectivity index is 2.70. The molecule has 0 aliphatic rings. The average molecular weight is 339 g/mol. The zero-order valence-electron chi connectivity index (χ0n) is 12.4. The van der Waals surface area contributed by atoms with E-state index in [1.807, 2.05) is 40.9 Å². The fourth-order valence-corrected chi connectivity index (χ4v) is 2.86. The Morgan fingerprint density at radius 2 is 2.05 bits per heavy atom. The number of nitrogens with zero attached hydrogens (tertiary/aromatic N) is 3. The lowest BCUT2D eigenvalue weighted by molar-refractivity contribution is 0.562. The molecule has 0 aliphatic heterocycles. The van der Waals surface area contributed by atoms with E-state index in [1.54, 1.807) is 4.68 Å². The third-order valence-corrected chi connectivity index (χ3v) is 3.80. The molecule has 20 heavy (non-hydrogen) atoms. The van der Waals surface area contributed by atoms with Crippen LogP contribution in [-0.4, -0.2) is 19.7 Å². The maximum absolute atomic E-state index is 12.1. The summed E-state index contributed by atoms with van der Waals surface area (Å²) in [7, 11) is 1.87. The molecule has 0 saturated heterocycles. The molecule has 0 radical (unpaired) electrons. The number of halogens is 1. The van der Waals surface area contributed by atoms with Gasteiger partial charge in [0.1, 0.15) is 10.3 Å². The molecule has 0 aliphatic carbocycles. The van der Waals surface area contributed by atoms with E-state index < -0.39 is 0 Å². The number of H-pyrrole nitrogens is 1. The van der Waals surface area contributed by atoms with Crippen LogP contribution in [0.3, 0.4) is 0 Å². The molecule has 0 bridgehead atoms. The van der Waals surface area contributed by atoms with Gasteiger partial charge in [-0.15, -0.1) is 0 Å². The second-order valence-corrected chi connectivity index (χ2v) is 6.64. The van der Waals surface area contributed by atoms with Crippen LogP contribution in [-0.2, 0) is 18.9 Å². The molecular formula is C14H19BrN4O. The van der Waals surface area contributed by atoms with Crippen LogP contribution in [0.25, 0.3) is 11.4 Å². The normalized spacial score (nSPS) is 11.9. The number of hydrogen-bond acceptors (Lipinski definition) is 3. The quantitative estimate of drug-likeness (QED) is 0.915. The first-order valence-corrected chi connectivity index (χ1v) is 7.36. The van der Waals surface area contributed by atoms with Gasteiger partial charge in [0.25, 0.3) is 5.56 Å². The first kappa shape index (κ1) is 15.0. The van der Waals surface area contributed by atoms with Crippen molar-refractivity contribution in [3.8, 4) is 11.4 Å². The lowest BCUT2D eigenvalue weighted by atomic mass is 9.92. The molecular weight excluding hydrogens is 320 g/mol. The summed E-state index contributed by atoms with van der Waals surface area (Å²) >= 11 is 3.34. The summed E-state index contributed by atoms with van der Waals surface area (Å²) in [5, 5.41) is 4.39. The number of rotatable bonds is 2. The molecule has 0 atom stereocenters. The van der Waals surface area contributed by atoms with Crippen molar-refractivity contribution >= 4 is 15.9 Å². The van der Waals surface area contributed by atoms with Crippen molar-refractivity contribution in [1.82, 2.24) is 19.7 Å². The highest BCUT2D eigenvalue weighted by Crippen LogP contribution is 2.28. The van der Waals surface area contributed by atoms with Gasteiger partial charge in [-0.1, -0.05) is 27.7 Å². The van der Waals surface area contributed by atoms with Crippen molar-refractivity contribution in [1.29, 1.82) is 0 Å². The molecule has 0 amide bonds. The number of aromatic amines is 1. The van der Waals surface area contributed by atoms with Crippen molar-refractivity contribution in [3.63, 3.8) is 0 Å². The average Bonchev–Trinajstić information content (AvgIpc) is 2.72. The van der Waals surface area contributed by atoms with Crippen molar-refractivity contribution in [2.75, 3.05) is 0 Å². The number of aryl methyl sites for hydroxylation is 2. The molecule has 0 saturated carbocycles. The Morgan fingerprint density at radius 1 is 1.40 bits per heavy atom. The number of nitrogens with one attached hydrogen (secondary N) is 1. The zero-order chi connectivity index (χ0) is 15.1. The van der Waals surface area contributed by atoms with Gasteiger partial charge in [-0.2, -0.15) is 5.10 Å². The first-order chi connectivity index (χ1) is 9.24. The molecule has 0 aromatic carbocycles. The zero-order valence-corrected chi connectivity index (χ0v) is 14.0. The monoisotopic (exact) mass is 338 g/mol. The van der Waals surface area contributed by atoms with Crippen LogP contribution < -0.4 is 5.56 Å². The maximum Gasteiger partial charge on any atom is 0.265 e. The van der Waals surface area contributed by atoms with Crippen molar-refractivity contribution in [3.05, 3.63) is 32.4 Å². The van der Waals surface area contributed by atoms with Crippen LogP contribution in [0.2, 0.25) is 0 Å². The van der Waals surface area contributed by atoms with Crippen LogP contribution in [0, 0.1) is 0 Å². The van der Waals surface area contributed by atoms with Gasteiger partial charge in [0.2, 0.25) is 0 Å². The van der Waals surface area contributed by atoms with E-state index in [-0.39, 0.29) is 11.0 Å². The van der Waals surface area contributed by atoms with Gasteiger partial charge in [0.05, 0.1) is 17.0 Å². The van der Waals surface area contributed by atoms with E-state index in [2.05, 4.69) is 31.0 Å². The molecule has 1 N–H and O–H groups in total. The molecule has 0 spiro atoms. The third kappa shape index (κ3) is 2.70. The summed E-state index contributed by atoms with van der Waals surface area (Å²) in [6, 6.07) is 0. The van der Waals surface area contributed by atoms with Gasteiger partial charge < -0.3 is 4.98 Å². The Morgan fingerprint density at radius 3 is 2.60 bits per heavy atom. The van der Waals surface area contributed by atoms with E-state index in [0.717, 1.165) is 23.4 Å². The highest BCUT2D eigenvalue weighted by atomic mass is 79.9. The Bertz CT molecular complexity index is 694. The summed E-state index contributed by atoms with van der Waals surface area (Å²) in [5.74, 6) is 0.577. The van der Waals surface area contributed by atoms with Crippen molar-refractivity contribution in [2.24, 2.45) is 7.05 Å². The molecule has 2 rings (SSSR count). The molecule has 2 heterocycles. The highest BCUT2D eigenvalue weighted by molar-refractivity contribution is 9.10. The van der Waals surface area contributed by atoms with Gasteiger partial charge in [0.15, 0.2) is 0 Å². The summed E-state index contributed by atoms with van der Waals surface area (Å²) in [5.41, 5.74) is 2.19. The maximum atomic E-state index is 12.1. The van der Waals surface area contributed by atoms with Gasteiger partial charge in [0, 0.05) is 18.7 Å². The van der Waals surface area contributed by atoms with E-state index in [4.69, 9.17) is 0 Å². The second-order valence-electron chi connectivity index (χ2n) is 5.84. The third-order valence-electron chi connectivity index (χ3n) is 3.07. The van der Waals surface area contributed by atoms with Gasteiger partial charge in [-0.25, -0.2) is 4.98 Å². The lowest BCUT2D eigenvalue weighted by Crippen LogP contribution is -2.22. The summed E-state index contributed by atoms with van der Waals surface area (Å²) in [4.78, 5) is 19.6. The molecule has 0 fully saturated rings. The number of aromatic nitrogens is 4. The van der Waals surface area contributed by atoms with E-state index in [0.29, 0.717) is 10.3 Å². The SMILES string of the molecule is CCc1nn(C)cc1-c1nc(C(C)(C)C)c(Br)c(=O)[nH]1. The largest absolute Gasteiger partial charge is 0.305 e. The van der Waals surface area contributed by atoms with Crippen LogP contribution in [0.4, 0.5) is 0 Å². The fourth-order valence-electron chi connectivity index (χ4n) is 2.08. The molecule has 2 aromatic rings. The smallest absolute Gasteiger partial charge is 0.265 e. The second kappa shape index (κ2) is 5.16. The summed E-state index contributed by atoms with van der Waals surface area (Å²) < 4.78 is 2.24. The van der Waals surface area contributed by atoms with E-state index in [9.17, 15) is 4.79 Å². The standard InChI is InChI=1S/C14H19BrN4O/c1-6-9-8(7-19(5)18-9)12-16-11(14(2,3)4)10(15)13(20)17-12/h7H,6H2,1-5H3,(H,16,17,20). The molecule has 6 heteroatoms. The Kier molecular flexibility index (Phi) is 3.86. The van der Waals surface area contributed by atoms with E-state index in [1.165, 1.54) is 0 Å².